The molecule has 1 aromatic carbocycles. The Hall–Kier alpha value is -1.70. The Kier molecular flexibility index (Phi) is 2.43. The Bertz CT molecular complexity index is 567. The average molecular weight is 225 g/mol. The van der Waals surface area contributed by atoms with Crippen LogP contribution in [0.15, 0.2) is 36.5 Å². The third kappa shape index (κ3) is 1.84. The van der Waals surface area contributed by atoms with Crippen molar-refractivity contribution in [3.8, 4) is 0 Å². The number of carbonyl (C=O) groups is 1. The van der Waals surface area contributed by atoms with Crippen molar-refractivity contribution in [2.24, 2.45) is 11.8 Å². The fourth-order valence-corrected chi connectivity index (χ4v) is 2.36. The van der Waals surface area contributed by atoms with Crippen LogP contribution in [-0.4, -0.2) is 10.8 Å². The van der Waals surface area contributed by atoms with Gasteiger partial charge in [-0.25, -0.2) is 0 Å². The fourth-order valence-electron chi connectivity index (χ4n) is 2.36. The van der Waals surface area contributed by atoms with Gasteiger partial charge in [0.1, 0.15) is 0 Å². The zero-order valence-electron chi connectivity index (χ0n) is 9.89. The van der Waals surface area contributed by atoms with Gasteiger partial charge in [-0.2, -0.15) is 0 Å². The molecule has 0 N–H and O–H groups in total. The monoisotopic (exact) mass is 225 g/mol. The smallest absolute Gasteiger partial charge is 0.168 e. The van der Waals surface area contributed by atoms with Crippen molar-refractivity contribution in [2.75, 3.05) is 0 Å². The van der Waals surface area contributed by atoms with E-state index in [1.54, 1.807) is 6.20 Å². The number of rotatable bonds is 3. The van der Waals surface area contributed by atoms with Gasteiger partial charge in [-0.15, -0.1) is 0 Å². The Morgan fingerprint density at radius 2 is 2.06 bits per heavy atom. The summed E-state index contributed by atoms with van der Waals surface area (Å²) in [6.07, 6.45) is 4.15. The molecule has 3 rings (SSSR count). The van der Waals surface area contributed by atoms with Crippen LogP contribution in [-0.2, 0) is 0 Å². The van der Waals surface area contributed by atoms with E-state index >= 15 is 0 Å². The van der Waals surface area contributed by atoms with Gasteiger partial charge in [0.05, 0.1) is 5.52 Å². The molecule has 1 saturated carbocycles. The number of Topliss-reactive ketones (excluding diaryl/α,β-unsaturated/α-hetero) is 1. The highest BCUT2D eigenvalue weighted by Gasteiger charge is 2.33. The summed E-state index contributed by atoms with van der Waals surface area (Å²) in [6.45, 7) is 2.04. The molecule has 1 aliphatic rings. The van der Waals surface area contributed by atoms with Gasteiger partial charge in [0.2, 0.25) is 0 Å². The molecule has 1 aromatic heterocycles. The predicted molar refractivity (Wildman–Crippen MR) is 68.0 cm³/mol. The molecule has 2 nitrogen and oxygen atoms in total. The number of hydrogen-bond acceptors (Lipinski definition) is 2. The lowest BCUT2D eigenvalue weighted by Gasteiger charge is -2.10. The maximum absolute atomic E-state index is 12.4. The lowest BCUT2D eigenvalue weighted by Crippen LogP contribution is -2.13. The third-order valence-corrected chi connectivity index (χ3v) is 3.64. The third-order valence-electron chi connectivity index (χ3n) is 3.64. The first-order valence-electron chi connectivity index (χ1n) is 6.15. The summed E-state index contributed by atoms with van der Waals surface area (Å²) in [5, 5.41) is 1.04. The van der Waals surface area contributed by atoms with E-state index in [0.29, 0.717) is 5.92 Å². The Labute approximate surface area is 101 Å². The molecule has 1 unspecified atom stereocenters. The molecule has 17 heavy (non-hydrogen) atoms. The van der Waals surface area contributed by atoms with Crippen LogP contribution in [0, 0.1) is 11.8 Å². The van der Waals surface area contributed by atoms with Crippen LogP contribution in [0.3, 0.4) is 0 Å². The number of ketones is 1. The maximum Gasteiger partial charge on any atom is 0.168 e. The number of aromatic nitrogens is 1. The van der Waals surface area contributed by atoms with Crippen molar-refractivity contribution < 1.29 is 4.79 Å². The predicted octanol–water partition coefficient (Wildman–Crippen LogP) is 3.46. The molecule has 2 aromatic rings. The zero-order valence-corrected chi connectivity index (χ0v) is 9.89. The minimum atomic E-state index is 0.141. The Morgan fingerprint density at radius 1 is 1.29 bits per heavy atom. The van der Waals surface area contributed by atoms with Crippen molar-refractivity contribution in [3.05, 3.63) is 42.1 Å². The van der Waals surface area contributed by atoms with Crippen LogP contribution in [0.5, 0.6) is 0 Å². The summed E-state index contributed by atoms with van der Waals surface area (Å²) in [7, 11) is 0. The van der Waals surface area contributed by atoms with Crippen LogP contribution in [0.25, 0.3) is 10.9 Å². The van der Waals surface area contributed by atoms with E-state index in [-0.39, 0.29) is 11.7 Å². The van der Waals surface area contributed by atoms with Crippen molar-refractivity contribution >= 4 is 16.7 Å². The Morgan fingerprint density at radius 3 is 2.82 bits per heavy atom. The van der Waals surface area contributed by atoms with E-state index in [4.69, 9.17) is 0 Å². The molecule has 2 heteroatoms. The zero-order chi connectivity index (χ0) is 11.8. The molecule has 1 heterocycles. The van der Waals surface area contributed by atoms with Crippen LogP contribution >= 0.6 is 0 Å². The van der Waals surface area contributed by atoms with E-state index in [2.05, 4.69) is 4.98 Å². The molecule has 0 amide bonds. The highest BCUT2D eigenvalue weighted by molar-refractivity contribution is 6.07. The lowest BCUT2D eigenvalue weighted by molar-refractivity contribution is 0.0918. The molecule has 1 atom stereocenters. The van der Waals surface area contributed by atoms with E-state index < -0.39 is 0 Å². The molecular formula is C15H15NO. The quantitative estimate of drug-likeness (QED) is 0.749. The molecule has 0 saturated heterocycles. The van der Waals surface area contributed by atoms with Gasteiger partial charge in [0.15, 0.2) is 5.78 Å². The summed E-state index contributed by atoms with van der Waals surface area (Å²) >= 11 is 0. The van der Waals surface area contributed by atoms with Gasteiger partial charge < -0.3 is 0 Å². The highest BCUT2D eigenvalue weighted by atomic mass is 16.1. The first kappa shape index (κ1) is 10.5. The summed E-state index contributed by atoms with van der Waals surface area (Å²) in [6, 6.07) is 9.75. The van der Waals surface area contributed by atoms with E-state index in [1.807, 2.05) is 37.3 Å². The SMILES string of the molecule is CC(C(=O)c1cccc2cccnc12)C1CC1. The number of pyridine rings is 1. The molecule has 1 aliphatic carbocycles. The first-order valence-corrected chi connectivity index (χ1v) is 6.15. The van der Waals surface area contributed by atoms with Crippen molar-refractivity contribution in [2.45, 2.75) is 19.8 Å². The van der Waals surface area contributed by atoms with Gasteiger partial charge in [-0.05, 0) is 30.9 Å². The van der Waals surface area contributed by atoms with Gasteiger partial charge in [0.25, 0.3) is 0 Å². The maximum atomic E-state index is 12.4. The number of fused-ring (bicyclic) bond motifs is 1. The normalized spacial score (nSPS) is 17.0. The molecular weight excluding hydrogens is 210 g/mol. The molecule has 0 aliphatic heterocycles. The second-order valence-corrected chi connectivity index (χ2v) is 4.87. The fraction of sp³-hybridized carbons (Fsp3) is 0.333. The number of benzene rings is 1. The van der Waals surface area contributed by atoms with Crippen LogP contribution in [0.4, 0.5) is 0 Å². The standard InChI is InChI=1S/C15H15NO/c1-10(11-7-8-11)15(17)13-6-2-4-12-5-3-9-16-14(12)13/h2-6,9-11H,7-8H2,1H3. The number of hydrogen-bond donors (Lipinski definition) is 0. The molecule has 86 valence electrons. The number of nitrogens with zero attached hydrogens (tertiary/aromatic N) is 1. The molecule has 0 bridgehead atoms. The minimum absolute atomic E-state index is 0.141. The van der Waals surface area contributed by atoms with Crippen LogP contribution in [0.1, 0.15) is 30.1 Å². The van der Waals surface area contributed by atoms with Crippen molar-refractivity contribution in [3.63, 3.8) is 0 Å². The minimum Gasteiger partial charge on any atom is -0.294 e. The summed E-state index contributed by atoms with van der Waals surface area (Å²) in [4.78, 5) is 16.7. The second-order valence-electron chi connectivity index (χ2n) is 4.87. The van der Waals surface area contributed by atoms with Gasteiger partial charge in [-0.3, -0.25) is 9.78 Å². The summed E-state index contributed by atoms with van der Waals surface area (Å²) < 4.78 is 0. The molecule has 0 radical (unpaired) electrons. The van der Waals surface area contributed by atoms with Gasteiger partial charge in [0, 0.05) is 23.1 Å². The van der Waals surface area contributed by atoms with Gasteiger partial charge in [-0.1, -0.05) is 25.1 Å². The largest absolute Gasteiger partial charge is 0.294 e. The second kappa shape index (κ2) is 3.95. The molecule has 0 spiro atoms. The number of carbonyl (C=O) groups excluding carboxylic acids is 1. The van der Waals surface area contributed by atoms with Gasteiger partial charge >= 0.3 is 0 Å². The van der Waals surface area contributed by atoms with Crippen molar-refractivity contribution in [1.82, 2.24) is 4.98 Å². The van der Waals surface area contributed by atoms with Crippen LogP contribution in [0.2, 0.25) is 0 Å². The van der Waals surface area contributed by atoms with E-state index in [0.717, 1.165) is 16.5 Å². The topological polar surface area (TPSA) is 30.0 Å². The summed E-state index contributed by atoms with van der Waals surface area (Å²) in [5.74, 6) is 0.987. The molecule has 1 fully saturated rings. The highest BCUT2D eigenvalue weighted by Crippen LogP contribution is 2.38. The number of para-hydroxylation sites is 1. The first-order chi connectivity index (χ1) is 8.27. The lowest BCUT2D eigenvalue weighted by atomic mass is 9.93. The van der Waals surface area contributed by atoms with E-state index in [1.165, 1.54) is 12.8 Å². The Balaban J connectivity index is 2.07. The summed E-state index contributed by atoms with van der Waals surface area (Å²) in [5.41, 5.74) is 1.62. The van der Waals surface area contributed by atoms with Crippen molar-refractivity contribution in [1.29, 1.82) is 0 Å². The van der Waals surface area contributed by atoms with Crippen LogP contribution < -0.4 is 0 Å². The van der Waals surface area contributed by atoms with E-state index in [9.17, 15) is 4.79 Å². The average Bonchev–Trinajstić information content (AvgIpc) is 3.20.